The highest BCUT2D eigenvalue weighted by Crippen LogP contribution is 2.36. The van der Waals surface area contributed by atoms with Crippen molar-refractivity contribution in [3.05, 3.63) is 115 Å². The van der Waals surface area contributed by atoms with Gasteiger partial charge in [0.05, 0.1) is 16.7 Å². The van der Waals surface area contributed by atoms with Crippen LogP contribution in [0, 0.1) is 0 Å². The zero-order valence-electron chi connectivity index (χ0n) is 19.6. The fraction of sp³-hybridized carbons (Fsp3) is 0. The molecule has 0 aliphatic carbocycles. The Morgan fingerprint density at radius 3 is 2.16 bits per heavy atom. The molecule has 37 heavy (non-hydrogen) atoms. The number of nitrogens with zero attached hydrogens (tertiary/aromatic N) is 5. The van der Waals surface area contributed by atoms with E-state index >= 15 is 0 Å². The highest BCUT2D eigenvalue weighted by atomic mass is 16.3. The first-order valence-corrected chi connectivity index (χ1v) is 12.1. The third kappa shape index (κ3) is 2.96. The van der Waals surface area contributed by atoms with Crippen molar-refractivity contribution in [1.29, 1.82) is 0 Å². The van der Waals surface area contributed by atoms with E-state index in [9.17, 15) is 0 Å². The van der Waals surface area contributed by atoms with Gasteiger partial charge in [0.1, 0.15) is 16.9 Å². The molecule has 0 saturated heterocycles. The number of fused-ring (bicyclic) bond motifs is 7. The van der Waals surface area contributed by atoms with E-state index in [0.29, 0.717) is 5.82 Å². The molecule has 0 atom stereocenters. The van der Waals surface area contributed by atoms with Crippen LogP contribution < -0.4 is 0 Å². The highest BCUT2D eigenvalue weighted by Gasteiger charge is 2.24. The Balaban J connectivity index is 1.53. The first-order chi connectivity index (χ1) is 18.3. The van der Waals surface area contributed by atoms with Crippen molar-refractivity contribution in [1.82, 2.24) is 23.9 Å². The van der Waals surface area contributed by atoms with E-state index in [-0.39, 0.29) is 0 Å². The van der Waals surface area contributed by atoms with Crippen molar-refractivity contribution < 1.29 is 4.42 Å². The molecule has 0 fully saturated rings. The second-order valence-corrected chi connectivity index (χ2v) is 8.99. The molecule has 0 N–H and O–H groups in total. The van der Waals surface area contributed by atoms with Crippen LogP contribution in [-0.4, -0.2) is 23.9 Å². The van der Waals surface area contributed by atoms with E-state index in [1.54, 1.807) is 0 Å². The van der Waals surface area contributed by atoms with E-state index in [4.69, 9.17) is 19.4 Å². The van der Waals surface area contributed by atoms with Crippen molar-refractivity contribution >= 4 is 39.0 Å². The Kier molecular flexibility index (Phi) is 4.13. The van der Waals surface area contributed by atoms with Crippen molar-refractivity contribution in [2.24, 2.45) is 0 Å². The second kappa shape index (κ2) is 7.63. The van der Waals surface area contributed by atoms with Gasteiger partial charge in [-0.15, -0.1) is 0 Å². The summed E-state index contributed by atoms with van der Waals surface area (Å²) in [4.78, 5) is 15.1. The Labute approximate surface area is 211 Å². The maximum atomic E-state index is 6.42. The predicted molar refractivity (Wildman–Crippen MR) is 146 cm³/mol. The van der Waals surface area contributed by atoms with Crippen LogP contribution in [0.5, 0.6) is 0 Å². The first kappa shape index (κ1) is 20.0. The molecule has 0 radical (unpaired) electrons. The minimum absolute atomic E-state index is 0.654. The largest absolute Gasteiger partial charge is 0.437 e. The van der Waals surface area contributed by atoms with Crippen LogP contribution in [0.15, 0.2) is 120 Å². The van der Waals surface area contributed by atoms with E-state index in [2.05, 4.69) is 33.2 Å². The second-order valence-electron chi connectivity index (χ2n) is 8.99. The summed E-state index contributed by atoms with van der Waals surface area (Å²) < 4.78 is 10.6. The Bertz CT molecular complexity index is 2030. The van der Waals surface area contributed by atoms with Crippen LogP contribution in [-0.2, 0) is 0 Å². The summed E-state index contributed by atoms with van der Waals surface area (Å²) in [7, 11) is 0. The quantitative estimate of drug-likeness (QED) is 0.268. The number of benzene rings is 4. The van der Waals surface area contributed by atoms with Gasteiger partial charge in [-0.2, -0.15) is 0 Å². The van der Waals surface area contributed by atoms with Gasteiger partial charge in [0.2, 0.25) is 11.5 Å². The molecule has 0 amide bonds. The molecule has 6 nitrogen and oxygen atoms in total. The van der Waals surface area contributed by atoms with Gasteiger partial charge in [0, 0.05) is 22.6 Å². The minimum Gasteiger partial charge on any atom is -0.437 e. The average molecular weight is 478 g/mol. The average Bonchev–Trinajstić information content (AvgIpc) is 3.61. The van der Waals surface area contributed by atoms with Crippen LogP contribution >= 0.6 is 0 Å². The van der Waals surface area contributed by atoms with Gasteiger partial charge >= 0.3 is 0 Å². The standard InChI is InChI=1S/C31H19N5O/c1-3-11-20(12-4-1)24-19-27(34-29(32-24)21-13-5-2-6-14-21)36-28-22-15-7-10-18-26(22)37-30(28)35-25-17-9-8-16-23(25)33-31(35)36/h1-19H. The van der Waals surface area contributed by atoms with E-state index in [0.717, 1.165) is 61.6 Å². The van der Waals surface area contributed by atoms with Crippen molar-refractivity contribution in [2.45, 2.75) is 0 Å². The zero-order valence-corrected chi connectivity index (χ0v) is 19.6. The topological polar surface area (TPSA) is 61.2 Å². The number of aromatic nitrogens is 5. The molecule has 8 rings (SSSR count). The third-order valence-corrected chi connectivity index (χ3v) is 6.76. The Morgan fingerprint density at radius 1 is 0.622 bits per heavy atom. The lowest BCUT2D eigenvalue weighted by Crippen LogP contribution is -2.03. The summed E-state index contributed by atoms with van der Waals surface area (Å²) in [6.07, 6.45) is 0. The Morgan fingerprint density at radius 2 is 1.32 bits per heavy atom. The maximum absolute atomic E-state index is 6.42. The van der Waals surface area contributed by atoms with Crippen LogP contribution in [0.4, 0.5) is 0 Å². The van der Waals surface area contributed by atoms with Gasteiger partial charge < -0.3 is 4.42 Å². The van der Waals surface area contributed by atoms with Crippen LogP contribution in [0.2, 0.25) is 0 Å². The molecule has 0 aliphatic heterocycles. The predicted octanol–water partition coefficient (Wildman–Crippen LogP) is 7.30. The highest BCUT2D eigenvalue weighted by molar-refractivity contribution is 6.06. The molecule has 0 unspecified atom stereocenters. The normalized spacial score (nSPS) is 11.8. The number of hydrogen-bond donors (Lipinski definition) is 0. The summed E-state index contributed by atoms with van der Waals surface area (Å²) in [5.41, 5.74) is 7.19. The molecule has 6 heteroatoms. The van der Waals surface area contributed by atoms with Gasteiger partial charge in [-0.1, -0.05) is 84.9 Å². The molecule has 0 spiro atoms. The van der Waals surface area contributed by atoms with Gasteiger partial charge in [-0.05, 0) is 24.3 Å². The van der Waals surface area contributed by atoms with Crippen LogP contribution in [0.25, 0.3) is 67.5 Å². The summed E-state index contributed by atoms with van der Waals surface area (Å²) in [6.45, 7) is 0. The third-order valence-electron chi connectivity index (χ3n) is 6.76. The lowest BCUT2D eigenvalue weighted by atomic mass is 10.1. The lowest BCUT2D eigenvalue weighted by molar-refractivity contribution is 0.651. The van der Waals surface area contributed by atoms with Crippen LogP contribution in [0.1, 0.15) is 0 Å². The Hall–Kier alpha value is -5.23. The lowest BCUT2D eigenvalue weighted by Gasteiger charge is -2.10. The fourth-order valence-corrected chi connectivity index (χ4v) is 5.09. The first-order valence-electron chi connectivity index (χ1n) is 12.1. The van der Waals surface area contributed by atoms with Crippen molar-refractivity contribution in [3.8, 4) is 28.5 Å². The van der Waals surface area contributed by atoms with E-state index in [1.165, 1.54) is 0 Å². The van der Waals surface area contributed by atoms with Crippen molar-refractivity contribution in [2.75, 3.05) is 0 Å². The van der Waals surface area contributed by atoms with E-state index < -0.39 is 0 Å². The molecule has 0 bridgehead atoms. The number of rotatable bonds is 3. The minimum atomic E-state index is 0.654. The maximum Gasteiger partial charge on any atom is 0.232 e. The summed E-state index contributed by atoms with van der Waals surface area (Å²) in [6, 6.07) is 38.5. The molecule has 4 aromatic heterocycles. The molecule has 0 aliphatic rings. The van der Waals surface area contributed by atoms with Gasteiger partial charge in [-0.3, -0.25) is 4.57 Å². The smallest absolute Gasteiger partial charge is 0.232 e. The van der Waals surface area contributed by atoms with Crippen LogP contribution in [0.3, 0.4) is 0 Å². The SMILES string of the molecule is c1ccc(-c2cc(-n3c4c5ccccc5oc4n4c5ccccc5nc34)nc(-c3ccccc3)n2)cc1. The number of para-hydroxylation sites is 3. The molecule has 4 heterocycles. The summed E-state index contributed by atoms with van der Waals surface area (Å²) in [5.74, 6) is 2.13. The monoisotopic (exact) mass is 477 g/mol. The van der Waals surface area contributed by atoms with Gasteiger partial charge in [-0.25, -0.2) is 19.4 Å². The van der Waals surface area contributed by atoms with E-state index in [1.807, 2.05) is 91.0 Å². The number of hydrogen-bond acceptors (Lipinski definition) is 4. The summed E-state index contributed by atoms with van der Waals surface area (Å²) in [5, 5.41) is 1.01. The molecular formula is C31H19N5O. The molecule has 4 aromatic carbocycles. The summed E-state index contributed by atoms with van der Waals surface area (Å²) >= 11 is 0. The van der Waals surface area contributed by atoms with Crippen molar-refractivity contribution in [3.63, 3.8) is 0 Å². The molecule has 174 valence electrons. The number of imidazole rings is 2. The molecule has 8 aromatic rings. The molecule has 0 saturated carbocycles. The molecular weight excluding hydrogens is 458 g/mol. The van der Waals surface area contributed by atoms with Gasteiger partial charge in [0.15, 0.2) is 5.82 Å². The number of furan rings is 1. The fourth-order valence-electron chi connectivity index (χ4n) is 5.09. The zero-order chi connectivity index (χ0) is 24.3. The van der Waals surface area contributed by atoms with Gasteiger partial charge in [0.25, 0.3) is 0 Å².